The molecule has 2 unspecified atom stereocenters. The summed E-state index contributed by atoms with van der Waals surface area (Å²) in [4.78, 5) is 35.8. The summed E-state index contributed by atoms with van der Waals surface area (Å²) in [6.45, 7) is 7.16. The van der Waals surface area contributed by atoms with E-state index < -0.39 is 0 Å². The minimum Gasteiger partial charge on any atom is -0.372 e. The number of unbranched alkanes of at least 4 members (excludes halogenated alkanes) is 1. The zero-order chi connectivity index (χ0) is 27.9. The van der Waals surface area contributed by atoms with Gasteiger partial charge in [0.05, 0.1) is 10.7 Å². The summed E-state index contributed by atoms with van der Waals surface area (Å²) in [5, 5.41) is 4.39. The first kappa shape index (κ1) is 34.5. The molecule has 1 aromatic heterocycles. The Bertz CT molecular complexity index is 796. The molecule has 8 nitrogen and oxygen atoms in total. The van der Waals surface area contributed by atoms with Crippen molar-refractivity contribution in [1.82, 2.24) is 10.3 Å². The standard InChI is InChI=1S/C22H33N3OS.C4H10.2CH3NO/c1-2-16-10-11-19-20(15-16)27-22(25-19)13-12-21(26)24-18(9-5-6-14-23)17-7-3-4-8-17;1-3-4-2;2*2-1-3/h5-6,10-11,16-18H,2-4,7-9,12-15,23H2,1H3,(H,24,26);3-4H2,1-2H3;2*1H,(H2,2,3)/b6-5+;;;. The molecule has 0 radical (unpaired) electrons. The van der Waals surface area contributed by atoms with E-state index in [1.54, 1.807) is 11.3 Å². The van der Waals surface area contributed by atoms with Crippen molar-refractivity contribution < 1.29 is 14.4 Å². The SMILES string of the molecule is CCC1C=Cc2nc(CCC(=O)NC(C/C=C/CN)C3CCCC3)sc2C1.CCCC.NC=O.NC=O. The Hall–Kier alpha value is -2.52. The lowest BCUT2D eigenvalue weighted by Crippen LogP contribution is -2.39. The molecule has 37 heavy (non-hydrogen) atoms. The molecule has 2 aliphatic rings. The van der Waals surface area contributed by atoms with Crippen molar-refractivity contribution in [1.29, 1.82) is 0 Å². The van der Waals surface area contributed by atoms with E-state index in [9.17, 15) is 4.79 Å². The van der Waals surface area contributed by atoms with Crippen LogP contribution in [-0.4, -0.2) is 36.3 Å². The first-order valence-corrected chi connectivity index (χ1v) is 14.4. The molecule has 1 saturated carbocycles. The number of thiazole rings is 1. The summed E-state index contributed by atoms with van der Waals surface area (Å²) in [6.07, 6.45) is 21.1. The average Bonchev–Trinajstić information content (AvgIpc) is 3.58. The third-order valence-electron chi connectivity index (χ3n) is 6.34. The maximum atomic E-state index is 12.6. The lowest BCUT2D eigenvalue weighted by atomic mass is 9.95. The zero-order valence-electron chi connectivity index (χ0n) is 23.0. The first-order valence-electron chi connectivity index (χ1n) is 13.6. The molecule has 0 saturated heterocycles. The Morgan fingerprint density at radius 1 is 1.14 bits per heavy atom. The molecule has 9 heteroatoms. The number of amides is 3. The van der Waals surface area contributed by atoms with Crippen molar-refractivity contribution in [3.8, 4) is 0 Å². The molecule has 2 atom stereocenters. The minimum absolute atomic E-state index is 0.156. The highest BCUT2D eigenvalue weighted by Crippen LogP contribution is 2.31. The fraction of sp³-hybridized carbons (Fsp3) is 0.643. The molecule has 1 aromatic rings. The van der Waals surface area contributed by atoms with Crippen molar-refractivity contribution in [2.24, 2.45) is 29.0 Å². The number of hydrogen-bond donors (Lipinski definition) is 4. The fourth-order valence-electron chi connectivity index (χ4n) is 4.18. The van der Waals surface area contributed by atoms with E-state index in [-0.39, 0.29) is 24.8 Å². The topological polar surface area (TPSA) is 154 Å². The first-order chi connectivity index (χ1) is 17.9. The summed E-state index contributed by atoms with van der Waals surface area (Å²) in [6, 6.07) is 0.251. The number of hydrogen-bond acceptors (Lipinski definition) is 6. The van der Waals surface area contributed by atoms with Crippen LogP contribution in [0.5, 0.6) is 0 Å². The molecule has 0 aliphatic heterocycles. The number of carbonyl (C=O) groups excluding carboxylic acids is 3. The number of nitrogens with one attached hydrogen (secondary N) is 1. The van der Waals surface area contributed by atoms with Crippen molar-refractivity contribution in [3.05, 3.63) is 33.8 Å². The van der Waals surface area contributed by atoms with E-state index in [2.05, 4.69) is 55.8 Å². The van der Waals surface area contributed by atoms with Crippen molar-refractivity contribution in [2.45, 2.75) is 97.4 Å². The average molecular weight is 536 g/mol. The van der Waals surface area contributed by atoms with Crippen molar-refractivity contribution in [2.75, 3.05) is 6.54 Å². The quantitative estimate of drug-likeness (QED) is 0.260. The lowest BCUT2D eigenvalue weighted by molar-refractivity contribution is -0.122. The normalized spacial score (nSPS) is 16.7. The second-order valence-electron chi connectivity index (χ2n) is 9.08. The van der Waals surface area contributed by atoms with Crippen LogP contribution in [0.25, 0.3) is 6.08 Å². The van der Waals surface area contributed by atoms with E-state index in [4.69, 9.17) is 20.3 Å². The van der Waals surface area contributed by atoms with Crippen LogP contribution >= 0.6 is 11.3 Å². The number of primary amides is 2. The van der Waals surface area contributed by atoms with Crippen LogP contribution in [0.2, 0.25) is 0 Å². The van der Waals surface area contributed by atoms with Crippen LogP contribution in [0.4, 0.5) is 0 Å². The van der Waals surface area contributed by atoms with Gasteiger partial charge >= 0.3 is 0 Å². The molecule has 2 aliphatic carbocycles. The number of nitrogens with two attached hydrogens (primary N) is 3. The maximum absolute atomic E-state index is 12.6. The number of fused-ring (bicyclic) bond motifs is 1. The third kappa shape index (κ3) is 15.4. The van der Waals surface area contributed by atoms with Crippen LogP contribution in [0, 0.1) is 11.8 Å². The smallest absolute Gasteiger partial charge is 0.220 e. The fourth-order valence-corrected chi connectivity index (χ4v) is 5.33. The van der Waals surface area contributed by atoms with Gasteiger partial charge in [-0.3, -0.25) is 14.4 Å². The Labute approximate surface area is 227 Å². The molecule has 3 amide bonds. The number of nitrogens with zero attached hydrogens (tertiary/aromatic N) is 1. The van der Waals surface area contributed by atoms with E-state index in [0.717, 1.165) is 30.0 Å². The Morgan fingerprint density at radius 2 is 1.76 bits per heavy atom. The second kappa shape index (κ2) is 22.7. The number of allylic oxidation sites excluding steroid dienone is 1. The van der Waals surface area contributed by atoms with Gasteiger partial charge in [-0.1, -0.05) is 64.7 Å². The van der Waals surface area contributed by atoms with Crippen molar-refractivity contribution >= 4 is 36.1 Å². The number of rotatable bonds is 10. The number of carbonyl (C=O) groups is 3. The molecule has 0 bridgehead atoms. The summed E-state index contributed by atoms with van der Waals surface area (Å²) >= 11 is 1.79. The Kier molecular flexibility index (Phi) is 21.1. The molecule has 1 heterocycles. The summed E-state index contributed by atoms with van der Waals surface area (Å²) in [5.41, 5.74) is 15.0. The van der Waals surface area contributed by atoms with E-state index >= 15 is 0 Å². The highest BCUT2D eigenvalue weighted by atomic mass is 32.1. The van der Waals surface area contributed by atoms with Gasteiger partial charge in [-0.2, -0.15) is 0 Å². The highest BCUT2D eigenvalue weighted by molar-refractivity contribution is 7.11. The third-order valence-corrected chi connectivity index (χ3v) is 7.50. The second-order valence-corrected chi connectivity index (χ2v) is 10.2. The molecular weight excluding hydrogens is 486 g/mol. The summed E-state index contributed by atoms with van der Waals surface area (Å²) in [5.74, 6) is 1.41. The van der Waals surface area contributed by atoms with Crippen LogP contribution in [0.15, 0.2) is 18.2 Å². The van der Waals surface area contributed by atoms with Gasteiger partial charge in [0.25, 0.3) is 0 Å². The maximum Gasteiger partial charge on any atom is 0.220 e. The minimum atomic E-state index is 0.156. The molecule has 1 fully saturated rings. The molecule has 0 aromatic carbocycles. The van der Waals surface area contributed by atoms with Gasteiger partial charge in [0.15, 0.2) is 0 Å². The van der Waals surface area contributed by atoms with Gasteiger partial charge in [0.1, 0.15) is 0 Å². The van der Waals surface area contributed by atoms with Gasteiger partial charge < -0.3 is 22.5 Å². The van der Waals surface area contributed by atoms with Gasteiger partial charge in [-0.05, 0) is 50.0 Å². The lowest BCUT2D eigenvalue weighted by Gasteiger charge is -2.23. The Morgan fingerprint density at radius 3 is 2.30 bits per heavy atom. The number of aromatic nitrogens is 1. The monoisotopic (exact) mass is 535 g/mol. The van der Waals surface area contributed by atoms with E-state index in [0.29, 0.717) is 24.8 Å². The van der Waals surface area contributed by atoms with Crippen LogP contribution < -0.4 is 22.5 Å². The van der Waals surface area contributed by atoms with Gasteiger partial charge in [-0.15, -0.1) is 11.3 Å². The summed E-state index contributed by atoms with van der Waals surface area (Å²) in [7, 11) is 0. The Balaban J connectivity index is 0.00000112. The predicted octanol–water partition coefficient (Wildman–Crippen LogP) is 4.26. The van der Waals surface area contributed by atoms with Crippen LogP contribution in [0.3, 0.4) is 0 Å². The van der Waals surface area contributed by atoms with Crippen molar-refractivity contribution in [3.63, 3.8) is 0 Å². The highest BCUT2D eigenvalue weighted by Gasteiger charge is 2.25. The molecular formula is C28H49N5O3S. The van der Waals surface area contributed by atoms with Crippen LogP contribution in [0.1, 0.15) is 94.1 Å². The molecule has 7 N–H and O–H groups in total. The molecule has 3 rings (SSSR count). The number of aryl methyl sites for hydroxylation is 1. The summed E-state index contributed by atoms with van der Waals surface area (Å²) < 4.78 is 0. The van der Waals surface area contributed by atoms with Gasteiger partial charge in [-0.25, -0.2) is 4.98 Å². The largest absolute Gasteiger partial charge is 0.372 e. The van der Waals surface area contributed by atoms with E-state index in [1.165, 1.54) is 49.8 Å². The van der Waals surface area contributed by atoms with Gasteiger partial charge in [0, 0.05) is 30.3 Å². The van der Waals surface area contributed by atoms with Crippen LogP contribution in [-0.2, 0) is 27.2 Å². The zero-order valence-corrected chi connectivity index (χ0v) is 23.8. The van der Waals surface area contributed by atoms with Gasteiger partial charge in [0.2, 0.25) is 18.7 Å². The molecule has 0 spiro atoms. The van der Waals surface area contributed by atoms with E-state index in [1.807, 2.05) is 6.08 Å². The molecule has 210 valence electrons. The predicted molar refractivity (Wildman–Crippen MR) is 155 cm³/mol.